The third kappa shape index (κ3) is 2.47. The molecule has 0 fully saturated rings. The quantitative estimate of drug-likeness (QED) is 0.660. The van der Waals surface area contributed by atoms with Gasteiger partial charge in [0.1, 0.15) is 0 Å². The minimum Gasteiger partial charge on any atom is -0.348 e. The first kappa shape index (κ1) is 12.2. The molecule has 0 radical (unpaired) electrons. The maximum Gasteiger partial charge on any atom is 0.212 e. The van der Waals surface area contributed by atoms with Crippen LogP contribution < -0.4 is 5.32 Å². The Hall–Kier alpha value is -1.87. The zero-order valence-electron chi connectivity index (χ0n) is 10.3. The minimum absolute atomic E-state index is 0.589. The van der Waals surface area contributed by atoms with E-state index in [2.05, 4.69) is 38.4 Å². The third-order valence-electron chi connectivity index (χ3n) is 3.04. The monoisotopic (exact) mass is 312 g/mol. The normalized spacial score (nSPS) is 21.6. The zero-order chi connectivity index (χ0) is 13.1. The van der Waals surface area contributed by atoms with Crippen LogP contribution >= 0.6 is 15.9 Å². The van der Waals surface area contributed by atoms with E-state index >= 15 is 0 Å². The Kier molecular flexibility index (Phi) is 3.22. The number of alkyl halides is 1. The molecule has 94 valence electrons. The highest BCUT2D eigenvalue weighted by atomic mass is 79.9. The lowest BCUT2D eigenvalue weighted by Gasteiger charge is -2.30. The molecule has 2 aromatic rings. The number of nitrogens with one attached hydrogen (secondary N) is 1. The van der Waals surface area contributed by atoms with Crippen LogP contribution in [0.1, 0.15) is 11.1 Å². The van der Waals surface area contributed by atoms with Gasteiger partial charge in [-0.05, 0) is 27.6 Å². The average Bonchev–Trinajstić information content (AvgIpc) is 2.49. The first-order valence-corrected chi connectivity index (χ1v) is 6.91. The molecule has 1 heterocycles. The summed E-state index contributed by atoms with van der Waals surface area (Å²) in [5.74, 6) is 0. The van der Waals surface area contributed by atoms with Gasteiger partial charge in [-0.2, -0.15) is 0 Å². The molecule has 2 aromatic carbocycles. The molecule has 0 saturated heterocycles. The summed E-state index contributed by atoms with van der Waals surface area (Å²) in [4.78, 5) is 4.51. The SMILES string of the molecule is BrC1(c2ccccc2)N=CC=C(c2ccccc2)N1. The molecular formula is C16H13BrN2. The van der Waals surface area contributed by atoms with Crippen molar-refractivity contribution >= 4 is 27.8 Å². The van der Waals surface area contributed by atoms with Crippen molar-refractivity contribution in [3.8, 4) is 0 Å². The van der Waals surface area contributed by atoms with E-state index in [1.807, 2.05) is 60.8 Å². The number of aliphatic imine (C=N–C) groups is 1. The fourth-order valence-electron chi connectivity index (χ4n) is 2.06. The number of halogens is 1. The molecule has 2 nitrogen and oxygen atoms in total. The molecule has 0 saturated carbocycles. The van der Waals surface area contributed by atoms with Crippen LogP contribution in [0.25, 0.3) is 5.70 Å². The van der Waals surface area contributed by atoms with Crippen molar-refractivity contribution in [2.75, 3.05) is 0 Å². The molecule has 1 aliphatic rings. The Balaban J connectivity index is 1.94. The molecule has 1 unspecified atom stereocenters. The number of nitrogens with zero attached hydrogens (tertiary/aromatic N) is 1. The van der Waals surface area contributed by atoms with E-state index in [0.717, 1.165) is 16.8 Å². The number of benzene rings is 2. The summed E-state index contributed by atoms with van der Waals surface area (Å²) in [6.45, 7) is 0. The van der Waals surface area contributed by atoms with Gasteiger partial charge in [0, 0.05) is 17.5 Å². The van der Waals surface area contributed by atoms with Crippen molar-refractivity contribution < 1.29 is 0 Å². The van der Waals surface area contributed by atoms with E-state index in [0.29, 0.717) is 0 Å². The predicted molar refractivity (Wildman–Crippen MR) is 83.1 cm³/mol. The van der Waals surface area contributed by atoms with Crippen LogP contribution in [0.4, 0.5) is 0 Å². The van der Waals surface area contributed by atoms with Crippen LogP contribution in [0, 0.1) is 0 Å². The topological polar surface area (TPSA) is 24.4 Å². The van der Waals surface area contributed by atoms with Gasteiger partial charge in [-0.25, -0.2) is 4.99 Å². The maximum absolute atomic E-state index is 4.51. The fourth-order valence-corrected chi connectivity index (χ4v) is 2.65. The third-order valence-corrected chi connectivity index (χ3v) is 3.90. The second-order valence-corrected chi connectivity index (χ2v) is 5.49. The van der Waals surface area contributed by atoms with Gasteiger partial charge in [0.05, 0.1) is 0 Å². The smallest absolute Gasteiger partial charge is 0.212 e. The highest BCUT2D eigenvalue weighted by Crippen LogP contribution is 2.34. The molecule has 0 amide bonds. The lowest BCUT2D eigenvalue weighted by atomic mass is 10.1. The summed E-state index contributed by atoms with van der Waals surface area (Å²) in [6.07, 6.45) is 3.82. The van der Waals surface area contributed by atoms with E-state index in [9.17, 15) is 0 Å². The molecule has 1 aliphatic heterocycles. The molecule has 0 bridgehead atoms. The lowest BCUT2D eigenvalue weighted by molar-refractivity contribution is 0.615. The van der Waals surface area contributed by atoms with E-state index in [-0.39, 0.29) is 0 Å². The first-order chi connectivity index (χ1) is 9.28. The number of hydrogen-bond donors (Lipinski definition) is 1. The second kappa shape index (κ2) is 5.02. The van der Waals surface area contributed by atoms with Gasteiger partial charge in [0.25, 0.3) is 0 Å². The highest BCUT2D eigenvalue weighted by molar-refractivity contribution is 9.09. The molecule has 0 spiro atoms. The van der Waals surface area contributed by atoms with Crippen molar-refractivity contribution in [1.29, 1.82) is 0 Å². The van der Waals surface area contributed by atoms with Gasteiger partial charge in [-0.1, -0.05) is 60.7 Å². The largest absolute Gasteiger partial charge is 0.348 e. The van der Waals surface area contributed by atoms with E-state index < -0.39 is 4.57 Å². The summed E-state index contributed by atoms with van der Waals surface area (Å²) in [6, 6.07) is 20.4. The number of rotatable bonds is 2. The van der Waals surface area contributed by atoms with Crippen LogP contribution in [0.3, 0.4) is 0 Å². The maximum atomic E-state index is 4.51. The number of allylic oxidation sites excluding steroid dienone is 1. The van der Waals surface area contributed by atoms with Crippen LogP contribution in [0.5, 0.6) is 0 Å². The highest BCUT2D eigenvalue weighted by Gasteiger charge is 2.29. The van der Waals surface area contributed by atoms with Crippen molar-refractivity contribution in [3.05, 3.63) is 77.9 Å². The van der Waals surface area contributed by atoms with Gasteiger partial charge in [-0.3, -0.25) is 0 Å². The summed E-state index contributed by atoms with van der Waals surface area (Å²) < 4.78 is -0.589. The molecule has 19 heavy (non-hydrogen) atoms. The molecule has 1 N–H and O–H groups in total. The van der Waals surface area contributed by atoms with Crippen LogP contribution in [-0.2, 0) is 4.57 Å². The minimum atomic E-state index is -0.589. The molecule has 1 atom stereocenters. The summed E-state index contributed by atoms with van der Waals surface area (Å²) in [7, 11) is 0. The molecule has 3 heteroatoms. The van der Waals surface area contributed by atoms with Crippen LogP contribution in [0.2, 0.25) is 0 Å². The average molecular weight is 313 g/mol. The van der Waals surface area contributed by atoms with Gasteiger partial charge >= 0.3 is 0 Å². The second-order valence-electron chi connectivity index (χ2n) is 4.34. The Labute approximate surface area is 121 Å². The Morgan fingerprint density at radius 1 is 0.895 bits per heavy atom. The van der Waals surface area contributed by atoms with Crippen molar-refractivity contribution in [2.24, 2.45) is 4.99 Å². The van der Waals surface area contributed by atoms with Gasteiger partial charge in [-0.15, -0.1) is 0 Å². The summed E-state index contributed by atoms with van der Waals surface area (Å²) in [5.41, 5.74) is 3.28. The Morgan fingerprint density at radius 2 is 1.53 bits per heavy atom. The van der Waals surface area contributed by atoms with E-state index in [4.69, 9.17) is 0 Å². The molecule has 3 rings (SSSR count). The van der Waals surface area contributed by atoms with Crippen molar-refractivity contribution in [3.63, 3.8) is 0 Å². The standard InChI is InChI=1S/C16H13BrN2/c17-16(14-9-5-2-6-10-14)18-12-11-15(19-16)13-7-3-1-4-8-13/h1-12,19H. The van der Waals surface area contributed by atoms with Gasteiger partial charge in [0.2, 0.25) is 4.57 Å². The first-order valence-electron chi connectivity index (χ1n) is 6.11. The van der Waals surface area contributed by atoms with E-state index in [1.54, 1.807) is 0 Å². The predicted octanol–water partition coefficient (Wildman–Crippen LogP) is 3.91. The number of hydrogen-bond acceptors (Lipinski definition) is 2. The van der Waals surface area contributed by atoms with Gasteiger partial charge < -0.3 is 5.32 Å². The van der Waals surface area contributed by atoms with Crippen molar-refractivity contribution in [2.45, 2.75) is 4.57 Å². The fraction of sp³-hybridized carbons (Fsp3) is 0.0625. The Morgan fingerprint density at radius 3 is 2.21 bits per heavy atom. The summed E-state index contributed by atoms with van der Waals surface area (Å²) in [5, 5.41) is 3.44. The van der Waals surface area contributed by atoms with Crippen molar-refractivity contribution in [1.82, 2.24) is 5.32 Å². The molecule has 0 aliphatic carbocycles. The molecular weight excluding hydrogens is 300 g/mol. The van der Waals surface area contributed by atoms with Gasteiger partial charge in [0.15, 0.2) is 0 Å². The lowest BCUT2D eigenvalue weighted by Crippen LogP contribution is -2.35. The van der Waals surface area contributed by atoms with E-state index in [1.165, 1.54) is 0 Å². The summed E-state index contributed by atoms with van der Waals surface area (Å²) >= 11 is 3.69. The van der Waals surface area contributed by atoms with Crippen LogP contribution in [-0.4, -0.2) is 6.21 Å². The molecule has 0 aromatic heterocycles. The Bertz CT molecular complexity index is 620. The van der Waals surface area contributed by atoms with Crippen LogP contribution in [0.15, 0.2) is 71.7 Å². The zero-order valence-corrected chi connectivity index (χ0v) is 11.8.